The number of fused-ring (bicyclic) bond motifs is 1. The maximum atomic E-state index is 12.3. The van der Waals surface area contributed by atoms with Crippen molar-refractivity contribution < 1.29 is 4.79 Å². The van der Waals surface area contributed by atoms with Crippen LogP contribution in [0, 0.1) is 23.2 Å². The van der Waals surface area contributed by atoms with E-state index in [1.165, 1.54) is 0 Å². The lowest BCUT2D eigenvalue weighted by Gasteiger charge is -2.43. The van der Waals surface area contributed by atoms with Gasteiger partial charge in [0.1, 0.15) is 0 Å². The van der Waals surface area contributed by atoms with E-state index in [0.717, 1.165) is 36.1 Å². The Balaban J connectivity index is 1.70. The summed E-state index contributed by atoms with van der Waals surface area (Å²) in [6.07, 6.45) is 4.48. The maximum absolute atomic E-state index is 12.3. The number of hydrogen-bond donors (Lipinski definition) is 3. The number of aromatic nitrogens is 2. The van der Waals surface area contributed by atoms with Crippen molar-refractivity contribution in [1.82, 2.24) is 20.6 Å². The van der Waals surface area contributed by atoms with Gasteiger partial charge in [-0.2, -0.15) is 10.4 Å². The number of nitrogens with one attached hydrogen (secondary N) is 2. The van der Waals surface area contributed by atoms with E-state index in [-0.39, 0.29) is 29.7 Å². The van der Waals surface area contributed by atoms with Crippen LogP contribution in [-0.2, 0) is 11.8 Å². The number of amides is 1. The molecular formula is C20H23ClN6O. The normalized spacial score (nSPS) is 27.0. The number of rotatable bonds is 3. The minimum absolute atomic E-state index is 0.00336. The third-order valence-corrected chi connectivity index (χ3v) is 6.39. The number of nitrogens with two attached hydrogens (primary N) is 1. The van der Waals surface area contributed by atoms with E-state index in [4.69, 9.17) is 17.3 Å². The number of hydrazine groups is 1. The quantitative estimate of drug-likeness (QED) is 0.733. The highest BCUT2D eigenvalue weighted by atomic mass is 35.5. The highest BCUT2D eigenvalue weighted by Gasteiger charge is 2.43. The van der Waals surface area contributed by atoms with Crippen LogP contribution in [0.1, 0.15) is 36.3 Å². The van der Waals surface area contributed by atoms with Gasteiger partial charge in [-0.1, -0.05) is 17.7 Å². The molecule has 1 aromatic carbocycles. The molecule has 1 saturated carbocycles. The third-order valence-electron chi connectivity index (χ3n) is 6.15. The third kappa shape index (κ3) is 3.18. The standard InChI is InChI=1S/C20H23ClN6O/c1-27-19(14-5-3-13(21)6-12(14)8-22)17(10-24-27)11-2-4-15-16(7-11)18(9-23)25-26-20(15)28/h3,5-6,10-11,15-16,18,25H,2,4,7,9,23H2,1H3,(H,26,28). The predicted molar refractivity (Wildman–Crippen MR) is 106 cm³/mol. The molecule has 2 aromatic rings. The summed E-state index contributed by atoms with van der Waals surface area (Å²) in [4.78, 5) is 12.3. The number of hydrogen-bond acceptors (Lipinski definition) is 5. The van der Waals surface area contributed by atoms with Crippen molar-refractivity contribution in [3.8, 4) is 17.3 Å². The van der Waals surface area contributed by atoms with Crippen LogP contribution >= 0.6 is 11.6 Å². The van der Waals surface area contributed by atoms with Crippen LogP contribution in [0.2, 0.25) is 5.02 Å². The van der Waals surface area contributed by atoms with Crippen molar-refractivity contribution in [2.75, 3.05) is 6.54 Å². The average Bonchev–Trinajstić information content (AvgIpc) is 3.09. The molecule has 4 rings (SSSR count). The first-order valence-corrected chi connectivity index (χ1v) is 9.88. The van der Waals surface area contributed by atoms with Gasteiger partial charge in [0.25, 0.3) is 0 Å². The first kappa shape index (κ1) is 18.9. The molecule has 1 aromatic heterocycles. The van der Waals surface area contributed by atoms with E-state index in [9.17, 15) is 10.1 Å². The summed E-state index contributed by atoms with van der Waals surface area (Å²) in [5, 5.41) is 14.6. The summed E-state index contributed by atoms with van der Waals surface area (Å²) in [7, 11) is 1.89. The van der Waals surface area contributed by atoms with Crippen LogP contribution in [0.3, 0.4) is 0 Å². The second kappa shape index (κ2) is 7.55. The summed E-state index contributed by atoms with van der Waals surface area (Å²) in [5.74, 6) is 0.500. The predicted octanol–water partition coefficient (Wildman–Crippen LogP) is 2.07. The Morgan fingerprint density at radius 2 is 2.25 bits per heavy atom. The van der Waals surface area contributed by atoms with E-state index in [1.54, 1.807) is 12.1 Å². The number of carbonyl (C=O) groups excluding carboxylic acids is 1. The smallest absolute Gasteiger partial charge is 0.237 e. The minimum atomic E-state index is -0.00336. The van der Waals surface area contributed by atoms with Crippen LogP contribution < -0.4 is 16.6 Å². The molecule has 2 fully saturated rings. The van der Waals surface area contributed by atoms with Crippen LogP contribution in [0.5, 0.6) is 0 Å². The first-order valence-electron chi connectivity index (χ1n) is 9.50. The number of aryl methyl sites for hydroxylation is 1. The first-order chi connectivity index (χ1) is 13.5. The fourth-order valence-electron chi connectivity index (χ4n) is 4.75. The molecule has 2 heterocycles. The number of benzene rings is 1. The van der Waals surface area contributed by atoms with E-state index in [0.29, 0.717) is 17.1 Å². The molecule has 2 aliphatic rings. The zero-order valence-corrected chi connectivity index (χ0v) is 16.4. The molecule has 4 atom stereocenters. The lowest BCUT2D eigenvalue weighted by molar-refractivity contribution is -0.133. The summed E-state index contributed by atoms with van der Waals surface area (Å²) in [6.45, 7) is 0.476. The van der Waals surface area contributed by atoms with E-state index >= 15 is 0 Å². The fraction of sp³-hybridized carbons (Fsp3) is 0.450. The molecule has 0 spiro atoms. The van der Waals surface area contributed by atoms with Crippen LogP contribution in [0.4, 0.5) is 0 Å². The minimum Gasteiger partial charge on any atom is -0.329 e. The molecule has 1 aliphatic heterocycles. The number of halogens is 1. The molecule has 28 heavy (non-hydrogen) atoms. The van der Waals surface area contributed by atoms with Gasteiger partial charge in [-0.25, -0.2) is 5.43 Å². The molecule has 1 aliphatic carbocycles. The van der Waals surface area contributed by atoms with Gasteiger partial charge >= 0.3 is 0 Å². The van der Waals surface area contributed by atoms with Crippen molar-refractivity contribution in [2.45, 2.75) is 31.2 Å². The average molecular weight is 399 g/mol. The second-order valence-corrected chi connectivity index (χ2v) is 8.07. The molecule has 4 unspecified atom stereocenters. The van der Waals surface area contributed by atoms with Gasteiger partial charge in [0.2, 0.25) is 5.91 Å². The van der Waals surface area contributed by atoms with Gasteiger partial charge in [-0.05, 0) is 43.2 Å². The van der Waals surface area contributed by atoms with Gasteiger partial charge in [0, 0.05) is 41.7 Å². The molecule has 1 amide bonds. The maximum Gasteiger partial charge on any atom is 0.237 e. The molecule has 0 bridgehead atoms. The molecular weight excluding hydrogens is 376 g/mol. The topological polar surface area (TPSA) is 109 Å². The van der Waals surface area contributed by atoms with Crippen molar-refractivity contribution in [1.29, 1.82) is 5.26 Å². The highest BCUT2D eigenvalue weighted by molar-refractivity contribution is 6.30. The summed E-state index contributed by atoms with van der Waals surface area (Å²) in [5.41, 5.74) is 15.2. The van der Waals surface area contributed by atoms with Gasteiger partial charge < -0.3 is 5.73 Å². The summed E-state index contributed by atoms with van der Waals surface area (Å²) >= 11 is 6.08. The van der Waals surface area contributed by atoms with E-state index in [2.05, 4.69) is 22.0 Å². The number of nitrogens with zero attached hydrogens (tertiary/aromatic N) is 3. The molecule has 146 valence electrons. The molecule has 1 saturated heterocycles. The van der Waals surface area contributed by atoms with Gasteiger partial charge in [-0.15, -0.1) is 0 Å². The molecule has 8 heteroatoms. The zero-order valence-electron chi connectivity index (χ0n) is 15.7. The summed E-state index contributed by atoms with van der Waals surface area (Å²) in [6, 6.07) is 7.67. The highest BCUT2D eigenvalue weighted by Crippen LogP contribution is 2.45. The lowest BCUT2D eigenvalue weighted by Crippen LogP contribution is -2.62. The van der Waals surface area contributed by atoms with Gasteiger partial charge in [0.15, 0.2) is 0 Å². The zero-order chi connectivity index (χ0) is 19.8. The van der Waals surface area contributed by atoms with Crippen LogP contribution in [-0.4, -0.2) is 28.3 Å². The van der Waals surface area contributed by atoms with Crippen molar-refractivity contribution in [3.63, 3.8) is 0 Å². The van der Waals surface area contributed by atoms with Crippen molar-refractivity contribution in [3.05, 3.63) is 40.5 Å². The Morgan fingerprint density at radius 3 is 3.00 bits per heavy atom. The second-order valence-electron chi connectivity index (χ2n) is 7.63. The fourth-order valence-corrected chi connectivity index (χ4v) is 4.93. The molecule has 7 nitrogen and oxygen atoms in total. The van der Waals surface area contributed by atoms with Crippen molar-refractivity contribution >= 4 is 17.5 Å². The van der Waals surface area contributed by atoms with Crippen LogP contribution in [0.25, 0.3) is 11.3 Å². The Labute approximate surface area is 168 Å². The monoisotopic (exact) mass is 398 g/mol. The Hall–Kier alpha value is -2.40. The van der Waals surface area contributed by atoms with Gasteiger partial charge in [-0.3, -0.25) is 14.9 Å². The number of nitriles is 1. The Kier molecular flexibility index (Phi) is 5.11. The number of carbonyl (C=O) groups is 1. The van der Waals surface area contributed by atoms with Crippen molar-refractivity contribution in [2.24, 2.45) is 24.6 Å². The lowest BCUT2D eigenvalue weighted by atomic mass is 9.68. The molecule has 0 radical (unpaired) electrons. The largest absolute Gasteiger partial charge is 0.329 e. The summed E-state index contributed by atoms with van der Waals surface area (Å²) < 4.78 is 1.82. The molecule has 4 N–H and O–H groups in total. The Morgan fingerprint density at radius 1 is 1.43 bits per heavy atom. The van der Waals surface area contributed by atoms with Gasteiger partial charge in [0.05, 0.1) is 23.5 Å². The Bertz CT molecular complexity index is 949. The van der Waals surface area contributed by atoms with E-state index in [1.807, 2.05) is 24.0 Å². The van der Waals surface area contributed by atoms with E-state index < -0.39 is 0 Å². The SMILES string of the molecule is Cn1ncc(C2CCC3C(=O)NNC(CN)C3C2)c1-c1ccc(Cl)cc1C#N. The van der Waals surface area contributed by atoms with Crippen LogP contribution in [0.15, 0.2) is 24.4 Å².